The van der Waals surface area contributed by atoms with E-state index in [9.17, 15) is 9.18 Å². The summed E-state index contributed by atoms with van der Waals surface area (Å²) in [6.07, 6.45) is 1.46. The van der Waals surface area contributed by atoms with Crippen LogP contribution >= 0.6 is 0 Å². The molecule has 0 aliphatic carbocycles. The summed E-state index contributed by atoms with van der Waals surface area (Å²) in [5.41, 5.74) is 4.35. The lowest BCUT2D eigenvalue weighted by Gasteiger charge is -2.34. The average Bonchev–Trinajstić information content (AvgIpc) is 2.77. The van der Waals surface area contributed by atoms with Crippen molar-refractivity contribution >= 4 is 23.1 Å². The predicted octanol–water partition coefficient (Wildman–Crippen LogP) is 3.89. The predicted molar refractivity (Wildman–Crippen MR) is 118 cm³/mol. The lowest BCUT2D eigenvalue weighted by molar-refractivity contribution is -0.117. The van der Waals surface area contributed by atoms with Crippen LogP contribution in [0, 0.1) is 12.9 Å². The monoisotopic (exact) mass is 421 g/mol. The molecule has 2 N–H and O–H groups in total. The van der Waals surface area contributed by atoms with Crippen LogP contribution in [0.25, 0.3) is 0 Å². The van der Waals surface area contributed by atoms with Gasteiger partial charge >= 0.3 is 0 Å². The second-order valence-electron chi connectivity index (χ2n) is 7.54. The number of anilines is 3. The summed E-state index contributed by atoms with van der Waals surface area (Å²) in [6, 6.07) is 12.4. The van der Waals surface area contributed by atoms with Crippen LogP contribution in [0.5, 0.6) is 5.75 Å². The highest BCUT2D eigenvalue weighted by Gasteiger charge is 2.28. The van der Waals surface area contributed by atoms with Crippen LogP contribution in [-0.4, -0.2) is 29.0 Å². The number of carbonyl (C=O) groups excluding carboxylic acids is 1. The van der Waals surface area contributed by atoms with Crippen molar-refractivity contribution in [3.63, 3.8) is 0 Å². The molecule has 1 amide bonds. The number of amides is 1. The van der Waals surface area contributed by atoms with Crippen molar-refractivity contribution in [3.8, 4) is 5.75 Å². The topological polar surface area (TPSA) is 79.4 Å². The van der Waals surface area contributed by atoms with Gasteiger partial charge in [0.25, 0.3) is 0 Å². The van der Waals surface area contributed by atoms with E-state index in [0.717, 1.165) is 39.8 Å². The summed E-state index contributed by atoms with van der Waals surface area (Å²) < 4.78 is 18.6. The van der Waals surface area contributed by atoms with Crippen molar-refractivity contribution < 1.29 is 13.9 Å². The van der Waals surface area contributed by atoms with Crippen LogP contribution in [0.1, 0.15) is 23.7 Å². The Balaban J connectivity index is 1.38. The molecule has 4 rings (SSSR count). The molecule has 7 nitrogen and oxygen atoms in total. The van der Waals surface area contributed by atoms with E-state index in [4.69, 9.17) is 4.74 Å². The number of benzene rings is 1. The van der Waals surface area contributed by atoms with Crippen molar-refractivity contribution in [2.75, 3.05) is 22.6 Å². The molecule has 3 heterocycles. The normalized spacial score (nSPS) is 15.3. The Bertz CT molecular complexity index is 1090. The smallest absolute Gasteiger partial charge is 0.246 e. The maximum atomic E-state index is 12.9. The summed E-state index contributed by atoms with van der Waals surface area (Å²) in [6.45, 7) is 4.68. The fraction of sp³-hybridized carbons (Fsp3) is 0.261. The number of halogens is 1. The first-order valence-corrected chi connectivity index (χ1v) is 10.0. The maximum absolute atomic E-state index is 12.9. The highest BCUT2D eigenvalue weighted by atomic mass is 19.1. The quantitative estimate of drug-likeness (QED) is 0.588. The zero-order valence-corrected chi connectivity index (χ0v) is 17.6. The Labute approximate surface area is 180 Å². The molecule has 1 aliphatic heterocycles. The second-order valence-corrected chi connectivity index (χ2v) is 7.54. The van der Waals surface area contributed by atoms with Gasteiger partial charge in [-0.2, -0.15) is 4.39 Å². The summed E-state index contributed by atoms with van der Waals surface area (Å²) in [7, 11) is 1.91. The van der Waals surface area contributed by atoms with Crippen LogP contribution < -0.4 is 20.3 Å². The number of pyridine rings is 2. The van der Waals surface area contributed by atoms with Crippen molar-refractivity contribution in [2.45, 2.75) is 33.0 Å². The molecule has 3 aromatic rings. The third-order valence-corrected chi connectivity index (χ3v) is 5.36. The van der Waals surface area contributed by atoms with Gasteiger partial charge < -0.3 is 20.3 Å². The number of fused-ring (bicyclic) bond motifs is 1. The SMILES string of the molecule is Cc1nc(NCc2ccc(OCc3ccc(F)nc3)cc2)cc2c1NC(=O)[C@H](C)N2C. The standard InChI is InChI=1S/C23H24FN5O2/c1-14-22-19(29(3)15(2)23(30)28-22)10-21(27-14)26-11-16-4-7-18(8-5-16)31-13-17-6-9-20(24)25-12-17/h4-10,12,15H,11,13H2,1-3H3,(H,26,27)(H,28,30)/t15-/m0/s1. The second kappa shape index (κ2) is 8.59. The molecule has 0 bridgehead atoms. The number of rotatable bonds is 6. The van der Waals surface area contributed by atoms with Crippen LogP contribution in [0.3, 0.4) is 0 Å². The Morgan fingerprint density at radius 1 is 1.19 bits per heavy atom. The van der Waals surface area contributed by atoms with Gasteiger partial charge in [0.05, 0.1) is 17.1 Å². The molecule has 0 saturated heterocycles. The third-order valence-electron chi connectivity index (χ3n) is 5.36. The Morgan fingerprint density at radius 3 is 2.65 bits per heavy atom. The van der Waals surface area contributed by atoms with Gasteiger partial charge in [-0.05, 0) is 43.7 Å². The van der Waals surface area contributed by atoms with Gasteiger partial charge in [-0.3, -0.25) is 4.79 Å². The van der Waals surface area contributed by atoms with Crippen LogP contribution in [-0.2, 0) is 17.9 Å². The first-order chi connectivity index (χ1) is 14.9. The van der Waals surface area contributed by atoms with Gasteiger partial charge in [-0.1, -0.05) is 12.1 Å². The highest BCUT2D eigenvalue weighted by molar-refractivity contribution is 6.04. The van der Waals surface area contributed by atoms with Crippen molar-refractivity contribution in [3.05, 3.63) is 71.4 Å². The average molecular weight is 421 g/mol. The molecule has 0 fully saturated rings. The fourth-order valence-electron chi connectivity index (χ4n) is 3.35. The number of aromatic nitrogens is 2. The number of nitrogens with one attached hydrogen (secondary N) is 2. The molecule has 1 aromatic carbocycles. The number of aryl methyl sites for hydroxylation is 1. The molecular weight excluding hydrogens is 397 g/mol. The zero-order valence-electron chi connectivity index (χ0n) is 17.6. The van der Waals surface area contributed by atoms with Gasteiger partial charge in [-0.25, -0.2) is 9.97 Å². The molecule has 160 valence electrons. The number of likely N-dealkylation sites (N-methyl/N-ethyl adjacent to an activating group) is 1. The van der Waals surface area contributed by atoms with E-state index >= 15 is 0 Å². The molecule has 1 atom stereocenters. The fourth-order valence-corrected chi connectivity index (χ4v) is 3.35. The molecule has 0 radical (unpaired) electrons. The van der Waals surface area contributed by atoms with E-state index in [1.54, 1.807) is 6.07 Å². The molecule has 1 aliphatic rings. The Hall–Kier alpha value is -3.68. The minimum atomic E-state index is -0.505. The molecule has 0 spiro atoms. The highest BCUT2D eigenvalue weighted by Crippen LogP contribution is 2.35. The molecule has 0 saturated carbocycles. The van der Waals surface area contributed by atoms with Gasteiger partial charge in [0.1, 0.15) is 24.2 Å². The first-order valence-electron chi connectivity index (χ1n) is 10.0. The molecule has 8 heteroatoms. The van der Waals surface area contributed by atoms with E-state index in [2.05, 4.69) is 20.6 Å². The number of hydrogen-bond acceptors (Lipinski definition) is 6. The van der Waals surface area contributed by atoms with Crippen LogP contribution in [0.15, 0.2) is 48.7 Å². The lowest BCUT2D eigenvalue weighted by Crippen LogP contribution is -2.44. The summed E-state index contributed by atoms with van der Waals surface area (Å²) in [5, 5.41) is 6.28. The summed E-state index contributed by atoms with van der Waals surface area (Å²) >= 11 is 0. The van der Waals surface area contributed by atoms with E-state index in [1.165, 1.54) is 12.3 Å². The Morgan fingerprint density at radius 2 is 1.94 bits per heavy atom. The maximum Gasteiger partial charge on any atom is 0.246 e. The van der Waals surface area contributed by atoms with E-state index in [-0.39, 0.29) is 11.9 Å². The summed E-state index contributed by atoms with van der Waals surface area (Å²) in [5.74, 6) is 0.937. The number of carbonyl (C=O) groups is 1. The van der Waals surface area contributed by atoms with Crippen molar-refractivity contribution in [2.24, 2.45) is 0 Å². The largest absolute Gasteiger partial charge is 0.489 e. The Kier molecular flexibility index (Phi) is 5.70. The molecule has 31 heavy (non-hydrogen) atoms. The molecule has 0 unspecified atom stereocenters. The number of nitrogens with zero attached hydrogens (tertiary/aromatic N) is 3. The van der Waals surface area contributed by atoms with Crippen molar-refractivity contribution in [1.29, 1.82) is 0 Å². The zero-order chi connectivity index (χ0) is 22.0. The number of hydrogen-bond donors (Lipinski definition) is 2. The van der Waals surface area contributed by atoms with Gasteiger partial charge in [0, 0.05) is 31.4 Å². The third kappa shape index (κ3) is 4.58. The minimum Gasteiger partial charge on any atom is -0.489 e. The van der Waals surface area contributed by atoms with Crippen molar-refractivity contribution in [1.82, 2.24) is 9.97 Å². The van der Waals surface area contributed by atoms with Crippen LogP contribution in [0.2, 0.25) is 0 Å². The number of ether oxygens (including phenoxy) is 1. The minimum absolute atomic E-state index is 0.0291. The lowest BCUT2D eigenvalue weighted by atomic mass is 10.1. The first kappa shape index (κ1) is 20.6. The van der Waals surface area contributed by atoms with E-state index in [1.807, 2.05) is 56.1 Å². The molecular formula is C23H24FN5O2. The van der Waals surface area contributed by atoms with E-state index in [0.29, 0.717) is 13.2 Å². The molecule has 2 aromatic heterocycles. The van der Waals surface area contributed by atoms with Gasteiger partial charge in [0.15, 0.2) is 0 Å². The van der Waals surface area contributed by atoms with Gasteiger partial charge in [0.2, 0.25) is 11.9 Å². The van der Waals surface area contributed by atoms with E-state index < -0.39 is 5.95 Å². The summed E-state index contributed by atoms with van der Waals surface area (Å²) in [4.78, 5) is 22.2. The van der Waals surface area contributed by atoms with Gasteiger partial charge in [-0.15, -0.1) is 0 Å². The van der Waals surface area contributed by atoms with Crippen LogP contribution in [0.4, 0.5) is 21.6 Å².